The smallest absolute Gasteiger partial charge is 0.133 e. The molecular weight excluding hydrogens is 188 g/mol. The number of nitrogens with one attached hydrogen (secondary N) is 2. The molecule has 2 heterocycles. The van der Waals surface area contributed by atoms with Crippen LogP contribution >= 0.6 is 0 Å². The van der Waals surface area contributed by atoms with Gasteiger partial charge in [0, 0.05) is 24.9 Å². The van der Waals surface area contributed by atoms with Crippen LogP contribution in [0.4, 0.5) is 0 Å². The molecule has 0 bridgehead atoms. The lowest BCUT2D eigenvalue weighted by Crippen LogP contribution is -2.63. The van der Waals surface area contributed by atoms with Gasteiger partial charge in [-0.1, -0.05) is 27.7 Å². The highest BCUT2D eigenvalue weighted by molar-refractivity contribution is 4.98. The van der Waals surface area contributed by atoms with E-state index in [1.54, 1.807) is 0 Å². The Hall–Kier alpha value is -0.120. The van der Waals surface area contributed by atoms with Gasteiger partial charge in [0.25, 0.3) is 0 Å². The molecule has 0 aromatic carbocycles. The van der Waals surface area contributed by atoms with Gasteiger partial charge in [0.1, 0.15) is 5.72 Å². The zero-order chi connectivity index (χ0) is 11.1. The lowest BCUT2D eigenvalue weighted by molar-refractivity contribution is -0.194. The summed E-state index contributed by atoms with van der Waals surface area (Å²) in [4.78, 5) is 0. The van der Waals surface area contributed by atoms with Crippen LogP contribution in [0.2, 0.25) is 0 Å². The summed E-state index contributed by atoms with van der Waals surface area (Å²) in [7, 11) is 0. The number of ether oxygens (including phenoxy) is 1. The Morgan fingerprint density at radius 3 is 2.53 bits per heavy atom. The molecule has 2 rings (SSSR count). The Labute approximate surface area is 93.0 Å². The van der Waals surface area contributed by atoms with Crippen LogP contribution in [0.3, 0.4) is 0 Å². The van der Waals surface area contributed by atoms with Crippen LogP contribution in [-0.2, 0) is 4.74 Å². The molecule has 3 heteroatoms. The number of hydrogen-bond acceptors (Lipinski definition) is 3. The van der Waals surface area contributed by atoms with E-state index in [1.165, 1.54) is 0 Å². The summed E-state index contributed by atoms with van der Waals surface area (Å²) in [6.45, 7) is 12.2. The van der Waals surface area contributed by atoms with Crippen molar-refractivity contribution in [2.45, 2.75) is 45.9 Å². The zero-order valence-electron chi connectivity index (χ0n) is 10.4. The highest BCUT2D eigenvalue weighted by Gasteiger charge is 2.47. The van der Waals surface area contributed by atoms with E-state index in [0.29, 0.717) is 12.0 Å². The largest absolute Gasteiger partial charge is 0.355 e. The highest BCUT2D eigenvalue weighted by atomic mass is 16.5. The molecular formula is C12H24N2O. The van der Waals surface area contributed by atoms with E-state index in [9.17, 15) is 0 Å². The minimum atomic E-state index is -0.0789. The molecule has 1 spiro atoms. The molecule has 0 aromatic heterocycles. The molecule has 2 atom stereocenters. The Bertz CT molecular complexity index is 232. The van der Waals surface area contributed by atoms with Crippen LogP contribution in [0, 0.1) is 11.3 Å². The summed E-state index contributed by atoms with van der Waals surface area (Å²) in [5.74, 6) is 0.583. The second-order valence-electron chi connectivity index (χ2n) is 6.05. The molecule has 2 unspecified atom stereocenters. The highest BCUT2D eigenvalue weighted by Crippen LogP contribution is 2.37. The number of rotatable bonds is 1. The van der Waals surface area contributed by atoms with Gasteiger partial charge in [0.15, 0.2) is 0 Å². The van der Waals surface area contributed by atoms with Crippen molar-refractivity contribution in [3.8, 4) is 0 Å². The third-order valence-electron chi connectivity index (χ3n) is 3.71. The van der Waals surface area contributed by atoms with Crippen molar-refractivity contribution in [1.29, 1.82) is 0 Å². The minimum Gasteiger partial charge on any atom is -0.355 e. The van der Waals surface area contributed by atoms with Crippen LogP contribution in [0.15, 0.2) is 0 Å². The Balaban J connectivity index is 2.12. The van der Waals surface area contributed by atoms with Gasteiger partial charge in [-0.2, -0.15) is 0 Å². The van der Waals surface area contributed by atoms with Gasteiger partial charge >= 0.3 is 0 Å². The summed E-state index contributed by atoms with van der Waals surface area (Å²) >= 11 is 0. The van der Waals surface area contributed by atoms with Crippen molar-refractivity contribution in [2.75, 3.05) is 19.6 Å². The SMILES string of the molecule is CC(C)C1OC2(CCNC2)NCC1(C)C. The molecule has 2 saturated heterocycles. The first kappa shape index (κ1) is 11.4. The van der Waals surface area contributed by atoms with E-state index in [-0.39, 0.29) is 11.1 Å². The predicted octanol–water partition coefficient (Wildman–Crippen LogP) is 1.35. The second kappa shape index (κ2) is 3.72. The summed E-state index contributed by atoms with van der Waals surface area (Å²) in [5, 5.41) is 6.97. The van der Waals surface area contributed by atoms with Crippen LogP contribution in [-0.4, -0.2) is 31.5 Å². The average Bonchev–Trinajstić information content (AvgIpc) is 2.59. The Morgan fingerprint density at radius 1 is 1.27 bits per heavy atom. The molecule has 15 heavy (non-hydrogen) atoms. The molecule has 0 amide bonds. The van der Waals surface area contributed by atoms with Gasteiger partial charge in [-0.25, -0.2) is 0 Å². The van der Waals surface area contributed by atoms with Gasteiger partial charge in [-0.05, 0) is 12.5 Å². The van der Waals surface area contributed by atoms with Gasteiger partial charge in [0.05, 0.1) is 6.10 Å². The fraction of sp³-hybridized carbons (Fsp3) is 1.00. The van der Waals surface area contributed by atoms with E-state index in [2.05, 4.69) is 38.3 Å². The topological polar surface area (TPSA) is 33.3 Å². The maximum absolute atomic E-state index is 6.34. The molecule has 0 aliphatic carbocycles. The third kappa shape index (κ3) is 2.05. The molecule has 2 aliphatic rings. The third-order valence-corrected chi connectivity index (χ3v) is 3.71. The van der Waals surface area contributed by atoms with Crippen molar-refractivity contribution in [1.82, 2.24) is 10.6 Å². The van der Waals surface area contributed by atoms with E-state index in [0.717, 1.165) is 26.1 Å². The fourth-order valence-corrected chi connectivity index (χ4v) is 2.89. The molecule has 2 N–H and O–H groups in total. The van der Waals surface area contributed by atoms with Gasteiger partial charge < -0.3 is 10.1 Å². The summed E-state index contributed by atoms with van der Waals surface area (Å²) in [5.41, 5.74) is 0.159. The normalized spacial score (nSPS) is 40.2. The molecule has 0 saturated carbocycles. The van der Waals surface area contributed by atoms with E-state index in [4.69, 9.17) is 4.74 Å². The predicted molar refractivity (Wildman–Crippen MR) is 61.7 cm³/mol. The average molecular weight is 212 g/mol. The van der Waals surface area contributed by atoms with Crippen LogP contribution < -0.4 is 10.6 Å². The molecule has 88 valence electrons. The van der Waals surface area contributed by atoms with Gasteiger partial charge in [-0.15, -0.1) is 0 Å². The van der Waals surface area contributed by atoms with Crippen LogP contribution in [0.25, 0.3) is 0 Å². The summed E-state index contributed by atoms with van der Waals surface area (Å²) in [6, 6.07) is 0. The quantitative estimate of drug-likeness (QED) is 0.688. The lowest BCUT2D eigenvalue weighted by Gasteiger charge is -2.49. The Morgan fingerprint density at radius 2 is 2.00 bits per heavy atom. The van der Waals surface area contributed by atoms with Crippen LogP contribution in [0.1, 0.15) is 34.1 Å². The monoisotopic (exact) mass is 212 g/mol. The van der Waals surface area contributed by atoms with Crippen LogP contribution in [0.5, 0.6) is 0 Å². The first-order valence-electron chi connectivity index (χ1n) is 6.09. The molecule has 0 aromatic rings. The standard InChI is InChI=1S/C12H24N2O/c1-9(2)10-11(3,4)7-14-12(15-10)5-6-13-8-12/h9-10,13-14H,5-8H2,1-4H3. The molecule has 2 fully saturated rings. The fourth-order valence-electron chi connectivity index (χ4n) is 2.89. The van der Waals surface area contributed by atoms with E-state index < -0.39 is 0 Å². The van der Waals surface area contributed by atoms with Gasteiger partial charge in [-0.3, -0.25) is 5.32 Å². The lowest BCUT2D eigenvalue weighted by atomic mass is 9.78. The summed E-state index contributed by atoms with van der Waals surface area (Å²) < 4.78 is 6.34. The van der Waals surface area contributed by atoms with Crippen molar-refractivity contribution in [3.63, 3.8) is 0 Å². The second-order valence-corrected chi connectivity index (χ2v) is 6.05. The van der Waals surface area contributed by atoms with Gasteiger partial charge in [0.2, 0.25) is 0 Å². The first-order chi connectivity index (χ1) is 6.95. The zero-order valence-corrected chi connectivity index (χ0v) is 10.4. The maximum atomic E-state index is 6.34. The van der Waals surface area contributed by atoms with E-state index in [1.807, 2.05) is 0 Å². The first-order valence-corrected chi connectivity index (χ1v) is 6.09. The van der Waals surface area contributed by atoms with Crippen molar-refractivity contribution in [3.05, 3.63) is 0 Å². The molecule has 3 nitrogen and oxygen atoms in total. The van der Waals surface area contributed by atoms with Crippen molar-refractivity contribution < 1.29 is 4.74 Å². The Kier molecular flexibility index (Phi) is 2.82. The minimum absolute atomic E-state index is 0.0789. The molecule has 2 aliphatic heterocycles. The molecule has 0 radical (unpaired) electrons. The van der Waals surface area contributed by atoms with E-state index >= 15 is 0 Å². The van der Waals surface area contributed by atoms with Crippen molar-refractivity contribution >= 4 is 0 Å². The summed E-state index contributed by atoms with van der Waals surface area (Å²) in [6.07, 6.45) is 1.45. The number of hydrogen-bond donors (Lipinski definition) is 2. The van der Waals surface area contributed by atoms with Crippen molar-refractivity contribution in [2.24, 2.45) is 11.3 Å². The maximum Gasteiger partial charge on any atom is 0.133 e.